The fourth-order valence-electron chi connectivity index (χ4n) is 2.01. The van der Waals surface area contributed by atoms with Crippen LogP contribution in [0.25, 0.3) is 5.69 Å². The van der Waals surface area contributed by atoms with E-state index >= 15 is 0 Å². The summed E-state index contributed by atoms with van der Waals surface area (Å²) in [4.78, 5) is 28.3. The summed E-state index contributed by atoms with van der Waals surface area (Å²) in [6.45, 7) is 0. The summed E-state index contributed by atoms with van der Waals surface area (Å²) in [7, 11) is 1.47. The average Bonchev–Trinajstić information content (AvgIpc) is 3.31. The molecule has 3 rings (SSSR count). The Morgan fingerprint density at radius 3 is 2.70 bits per heavy atom. The molecule has 0 aliphatic rings. The SMILES string of the molecule is CNC(=O)c1nn(-c2ccccc2Cl)sc1=NC(=S)NC(=O)c1ccco1. The van der Waals surface area contributed by atoms with E-state index in [0.717, 1.165) is 11.5 Å². The van der Waals surface area contributed by atoms with Crippen molar-refractivity contribution in [3.8, 4) is 5.69 Å². The first-order valence-electron chi connectivity index (χ1n) is 7.50. The van der Waals surface area contributed by atoms with Gasteiger partial charge in [0.1, 0.15) is 0 Å². The third kappa shape index (κ3) is 4.30. The first-order valence-corrected chi connectivity index (χ1v) is 9.06. The van der Waals surface area contributed by atoms with Crippen LogP contribution >= 0.6 is 35.4 Å². The van der Waals surface area contributed by atoms with Gasteiger partial charge < -0.3 is 9.73 Å². The van der Waals surface area contributed by atoms with Crippen molar-refractivity contribution >= 4 is 52.3 Å². The zero-order valence-electron chi connectivity index (χ0n) is 13.8. The maximum Gasteiger partial charge on any atom is 0.293 e. The monoisotopic (exact) mass is 421 g/mol. The molecule has 138 valence electrons. The predicted molar refractivity (Wildman–Crippen MR) is 104 cm³/mol. The van der Waals surface area contributed by atoms with Crippen molar-refractivity contribution in [3.05, 3.63) is 63.8 Å². The molecule has 0 spiro atoms. The number of para-hydroxylation sites is 1. The van der Waals surface area contributed by atoms with Gasteiger partial charge in [0.15, 0.2) is 16.1 Å². The molecule has 0 aliphatic carbocycles. The summed E-state index contributed by atoms with van der Waals surface area (Å²) >= 11 is 12.3. The first-order chi connectivity index (χ1) is 13.0. The smallest absolute Gasteiger partial charge is 0.293 e. The summed E-state index contributed by atoms with van der Waals surface area (Å²) in [6, 6.07) is 10.1. The van der Waals surface area contributed by atoms with Gasteiger partial charge in [-0.15, -0.1) is 5.10 Å². The van der Waals surface area contributed by atoms with E-state index in [1.54, 1.807) is 30.3 Å². The Labute approximate surface area is 167 Å². The highest BCUT2D eigenvalue weighted by molar-refractivity contribution is 7.80. The van der Waals surface area contributed by atoms with Crippen LogP contribution in [0.5, 0.6) is 0 Å². The Morgan fingerprint density at radius 1 is 1.26 bits per heavy atom. The van der Waals surface area contributed by atoms with E-state index in [1.807, 2.05) is 0 Å². The quantitative estimate of drug-likeness (QED) is 0.631. The van der Waals surface area contributed by atoms with Crippen molar-refractivity contribution in [1.29, 1.82) is 0 Å². The second kappa shape index (κ2) is 8.25. The molecular formula is C16H12ClN5O3S2. The molecule has 0 fully saturated rings. The van der Waals surface area contributed by atoms with Gasteiger partial charge in [-0.25, -0.2) is 4.99 Å². The lowest BCUT2D eigenvalue weighted by Crippen LogP contribution is -2.30. The zero-order valence-corrected chi connectivity index (χ0v) is 16.2. The van der Waals surface area contributed by atoms with Gasteiger partial charge >= 0.3 is 0 Å². The summed E-state index contributed by atoms with van der Waals surface area (Å²) in [6.07, 6.45) is 1.37. The predicted octanol–water partition coefficient (Wildman–Crippen LogP) is 2.16. The van der Waals surface area contributed by atoms with Crippen LogP contribution in [0, 0.1) is 0 Å². The second-order valence-electron chi connectivity index (χ2n) is 5.00. The van der Waals surface area contributed by atoms with Crippen LogP contribution in [0.1, 0.15) is 21.0 Å². The van der Waals surface area contributed by atoms with E-state index in [4.69, 9.17) is 28.2 Å². The van der Waals surface area contributed by atoms with E-state index in [2.05, 4.69) is 20.7 Å². The number of rotatable bonds is 3. The van der Waals surface area contributed by atoms with E-state index in [0.29, 0.717) is 10.7 Å². The molecule has 0 saturated heterocycles. The Kier molecular flexibility index (Phi) is 5.79. The molecule has 11 heteroatoms. The second-order valence-corrected chi connectivity index (χ2v) is 6.71. The van der Waals surface area contributed by atoms with Crippen molar-refractivity contribution in [2.75, 3.05) is 7.05 Å². The topological polar surface area (TPSA) is 102 Å². The number of amides is 2. The van der Waals surface area contributed by atoms with Gasteiger partial charge in [0.2, 0.25) is 5.11 Å². The number of carbonyl (C=O) groups excluding carboxylic acids is 2. The van der Waals surface area contributed by atoms with Gasteiger partial charge in [-0.1, -0.05) is 23.7 Å². The van der Waals surface area contributed by atoms with Crippen LogP contribution < -0.4 is 15.3 Å². The number of halogens is 1. The van der Waals surface area contributed by atoms with Crippen LogP contribution in [0.15, 0.2) is 52.1 Å². The van der Waals surface area contributed by atoms with E-state index in [1.165, 1.54) is 23.4 Å². The fraction of sp³-hybridized carbons (Fsp3) is 0.0625. The summed E-state index contributed by atoms with van der Waals surface area (Å²) < 4.78 is 6.68. The highest BCUT2D eigenvalue weighted by Crippen LogP contribution is 2.19. The third-order valence-corrected chi connectivity index (χ3v) is 4.66. The molecule has 0 unspecified atom stereocenters. The molecule has 0 bridgehead atoms. The maximum absolute atomic E-state index is 12.1. The highest BCUT2D eigenvalue weighted by atomic mass is 35.5. The molecule has 2 amide bonds. The summed E-state index contributed by atoms with van der Waals surface area (Å²) in [5, 5.41) is 9.49. The van der Waals surface area contributed by atoms with Gasteiger partial charge in [0.25, 0.3) is 11.8 Å². The maximum atomic E-state index is 12.1. The molecule has 2 N–H and O–H groups in total. The molecular weight excluding hydrogens is 410 g/mol. The first kappa shape index (κ1) is 19.0. The number of nitrogens with zero attached hydrogens (tertiary/aromatic N) is 3. The van der Waals surface area contributed by atoms with Crippen molar-refractivity contribution in [1.82, 2.24) is 19.8 Å². The van der Waals surface area contributed by atoms with Gasteiger partial charge in [-0.2, -0.15) is 4.07 Å². The van der Waals surface area contributed by atoms with E-state index in [-0.39, 0.29) is 21.2 Å². The molecule has 0 saturated carbocycles. The minimum absolute atomic E-state index is 0.0528. The number of nitrogens with one attached hydrogen (secondary N) is 2. The van der Waals surface area contributed by atoms with Crippen LogP contribution in [-0.4, -0.2) is 33.1 Å². The Bertz CT molecular complexity index is 1070. The molecule has 2 heterocycles. The molecule has 0 atom stereocenters. The number of benzene rings is 1. The zero-order chi connectivity index (χ0) is 19.4. The number of thiocarbonyl (C=S) groups is 1. The lowest BCUT2D eigenvalue weighted by Gasteiger charge is -2.01. The Balaban J connectivity index is 1.97. The normalized spacial score (nSPS) is 11.3. The van der Waals surface area contributed by atoms with E-state index in [9.17, 15) is 9.59 Å². The molecule has 1 aromatic carbocycles. The van der Waals surface area contributed by atoms with Crippen molar-refractivity contribution in [2.45, 2.75) is 0 Å². The summed E-state index contributed by atoms with van der Waals surface area (Å²) in [5.74, 6) is -0.899. The van der Waals surface area contributed by atoms with Crippen molar-refractivity contribution < 1.29 is 14.0 Å². The molecule has 3 aromatic rings. The van der Waals surface area contributed by atoms with Gasteiger partial charge in [0, 0.05) is 7.05 Å². The Morgan fingerprint density at radius 2 is 2.04 bits per heavy atom. The minimum atomic E-state index is -0.543. The number of aromatic nitrogens is 2. The van der Waals surface area contributed by atoms with Gasteiger partial charge in [0.05, 0.1) is 17.0 Å². The average molecular weight is 422 g/mol. The van der Waals surface area contributed by atoms with E-state index < -0.39 is 11.8 Å². The van der Waals surface area contributed by atoms with Crippen LogP contribution in [-0.2, 0) is 0 Å². The number of hydrogen-bond donors (Lipinski definition) is 2. The van der Waals surface area contributed by atoms with Gasteiger partial charge in [-0.05, 0) is 48.0 Å². The van der Waals surface area contributed by atoms with Crippen molar-refractivity contribution in [3.63, 3.8) is 0 Å². The van der Waals surface area contributed by atoms with Crippen LogP contribution in [0.3, 0.4) is 0 Å². The molecule has 27 heavy (non-hydrogen) atoms. The summed E-state index contributed by atoms with van der Waals surface area (Å²) in [5.41, 5.74) is 0.637. The molecule has 8 nitrogen and oxygen atoms in total. The molecule has 0 aliphatic heterocycles. The highest BCUT2D eigenvalue weighted by Gasteiger charge is 2.17. The lowest BCUT2D eigenvalue weighted by atomic mass is 10.3. The lowest BCUT2D eigenvalue weighted by molar-refractivity contribution is 0.0946. The number of furan rings is 1. The molecule has 2 aromatic heterocycles. The molecule has 0 radical (unpaired) electrons. The number of hydrogen-bond acceptors (Lipinski definition) is 6. The van der Waals surface area contributed by atoms with Crippen LogP contribution in [0.2, 0.25) is 5.02 Å². The third-order valence-electron chi connectivity index (χ3n) is 3.24. The standard InChI is InChI=1S/C16H12ClN5O3S2/c1-18-14(24)12-15(20-16(26)19-13(23)11-7-4-8-25-11)27-22(21-12)10-6-3-2-5-9(10)17/h2-8H,1H3,(H,18,24)(H,19,23,26). The van der Waals surface area contributed by atoms with Crippen molar-refractivity contribution in [2.24, 2.45) is 4.99 Å². The largest absolute Gasteiger partial charge is 0.459 e. The Hall–Kier alpha value is -2.82. The van der Waals surface area contributed by atoms with Gasteiger partial charge in [-0.3, -0.25) is 14.9 Å². The number of carbonyl (C=O) groups is 2. The minimum Gasteiger partial charge on any atom is -0.459 e. The van der Waals surface area contributed by atoms with Crippen LogP contribution in [0.4, 0.5) is 0 Å². The fourth-order valence-corrected chi connectivity index (χ4v) is 3.41.